The first-order chi connectivity index (χ1) is 22.6. The van der Waals surface area contributed by atoms with E-state index in [2.05, 4.69) is 135 Å². The SMILES string of the molecule is Cc1cc(-c2ccccn2)nc(C)c1-c1cn2[n+](c1)C13c4c(cccc4-2)Oc2ccc4c5ccccc5n(c4c21)-c1cccc[n+]13. The number of pyridine rings is 3. The summed E-state index contributed by atoms with van der Waals surface area (Å²) in [5, 5.41) is 2.46. The lowest BCUT2D eigenvalue weighted by molar-refractivity contribution is -0.993. The number of hydrogen-bond donors (Lipinski definition) is 0. The minimum absolute atomic E-state index is 0.707. The van der Waals surface area contributed by atoms with Gasteiger partial charge in [0.1, 0.15) is 28.3 Å². The van der Waals surface area contributed by atoms with Crippen LogP contribution in [-0.2, 0) is 5.66 Å². The minimum Gasteiger partial charge on any atom is -0.456 e. The Labute approximate surface area is 263 Å². The van der Waals surface area contributed by atoms with Crippen LogP contribution in [0, 0.1) is 13.8 Å². The fourth-order valence-electron chi connectivity index (χ4n) is 8.46. The van der Waals surface area contributed by atoms with E-state index >= 15 is 0 Å². The Kier molecular flexibility index (Phi) is 4.29. The van der Waals surface area contributed by atoms with Crippen LogP contribution in [0.4, 0.5) is 0 Å². The van der Waals surface area contributed by atoms with E-state index in [0.29, 0.717) is 0 Å². The number of rotatable bonds is 2. The van der Waals surface area contributed by atoms with Gasteiger partial charge in [-0.1, -0.05) is 35.0 Å². The molecule has 3 aliphatic heterocycles. The number of para-hydroxylation sites is 1. The van der Waals surface area contributed by atoms with Crippen molar-refractivity contribution in [2.75, 3.05) is 0 Å². The Hall–Kier alpha value is -6.08. The Bertz CT molecular complexity index is 2630. The van der Waals surface area contributed by atoms with E-state index in [4.69, 9.17) is 9.72 Å². The maximum Gasteiger partial charge on any atom is 0.397 e. The van der Waals surface area contributed by atoms with Gasteiger partial charge in [0.05, 0.1) is 29.3 Å². The number of fused-ring (bicyclic) bond motifs is 7. The summed E-state index contributed by atoms with van der Waals surface area (Å²) in [7, 11) is 0. The maximum atomic E-state index is 6.78. The lowest BCUT2D eigenvalue weighted by atomic mass is 9.84. The summed E-state index contributed by atoms with van der Waals surface area (Å²) >= 11 is 0. The number of benzene rings is 3. The number of nitrogens with zero attached hydrogens (tertiary/aromatic N) is 6. The van der Waals surface area contributed by atoms with Crippen molar-refractivity contribution in [3.8, 4) is 45.5 Å². The lowest BCUT2D eigenvalue weighted by Gasteiger charge is -2.32. The molecule has 3 aromatic carbocycles. The fourth-order valence-corrected chi connectivity index (χ4v) is 8.46. The van der Waals surface area contributed by atoms with Crippen molar-refractivity contribution in [3.63, 3.8) is 0 Å². The molecule has 8 heterocycles. The average Bonchev–Trinajstić information content (AvgIpc) is 3.75. The van der Waals surface area contributed by atoms with Gasteiger partial charge in [0.15, 0.2) is 11.1 Å². The molecule has 7 heteroatoms. The molecular weight excluding hydrogens is 568 g/mol. The number of aromatic nitrogens is 6. The zero-order valence-corrected chi connectivity index (χ0v) is 25.1. The molecule has 1 unspecified atom stereocenters. The van der Waals surface area contributed by atoms with Gasteiger partial charge in [-0.3, -0.25) is 9.97 Å². The summed E-state index contributed by atoms with van der Waals surface area (Å²) in [6.07, 6.45) is 8.60. The topological polar surface area (TPSA) is 52.6 Å². The predicted molar refractivity (Wildman–Crippen MR) is 175 cm³/mol. The molecule has 5 aromatic heterocycles. The van der Waals surface area contributed by atoms with Crippen LogP contribution in [0.1, 0.15) is 22.4 Å². The van der Waals surface area contributed by atoms with Crippen LogP contribution in [0.2, 0.25) is 0 Å². The monoisotopic (exact) mass is 594 g/mol. The first-order valence-corrected chi connectivity index (χ1v) is 15.6. The van der Waals surface area contributed by atoms with Crippen LogP contribution in [0.15, 0.2) is 122 Å². The van der Waals surface area contributed by atoms with Crippen LogP contribution in [0.3, 0.4) is 0 Å². The lowest BCUT2D eigenvalue weighted by Crippen LogP contribution is -2.76. The molecule has 216 valence electrons. The first kappa shape index (κ1) is 24.3. The van der Waals surface area contributed by atoms with E-state index in [-0.39, 0.29) is 0 Å². The molecule has 7 nitrogen and oxygen atoms in total. The molecule has 0 radical (unpaired) electrons. The fraction of sp³-hybridized carbons (Fsp3) is 0.0769. The standard InChI is InChI=1S/C39H26N6O/c1-23-20-29(28-11-5-7-18-40-28)41-24(2)35(23)25-21-43-31-13-9-14-32-36(31)39(44(43)22-25)37-33(46-32)17-16-27-26-10-3-4-12-30(26)45(38(27)37)34-15-6-8-19-42(34)39/h3-22H,1-2H3/q+2. The number of hydrogen-bond acceptors (Lipinski definition) is 3. The van der Waals surface area contributed by atoms with E-state index in [1.807, 2.05) is 24.4 Å². The van der Waals surface area contributed by atoms with Gasteiger partial charge >= 0.3 is 5.66 Å². The molecule has 1 spiro atoms. The molecule has 11 rings (SSSR count). The first-order valence-electron chi connectivity index (χ1n) is 15.6. The second-order valence-electron chi connectivity index (χ2n) is 12.4. The molecule has 0 aliphatic carbocycles. The Morgan fingerprint density at radius 3 is 2.54 bits per heavy atom. The molecule has 0 bridgehead atoms. The van der Waals surface area contributed by atoms with E-state index in [1.165, 1.54) is 21.8 Å². The molecule has 8 aromatic rings. The highest BCUT2D eigenvalue weighted by Crippen LogP contribution is 2.55. The van der Waals surface area contributed by atoms with Crippen molar-refractivity contribution in [2.45, 2.75) is 19.5 Å². The van der Waals surface area contributed by atoms with Crippen molar-refractivity contribution in [2.24, 2.45) is 0 Å². The normalized spacial score (nSPS) is 16.3. The third-order valence-corrected chi connectivity index (χ3v) is 10.1. The highest BCUT2D eigenvalue weighted by atomic mass is 16.5. The molecule has 0 saturated carbocycles. The molecule has 3 aliphatic rings. The maximum absolute atomic E-state index is 6.78. The van der Waals surface area contributed by atoms with Gasteiger partial charge in [-0.15, -0.1) is 4.68 Å². The van der Waals surface area contributed by atoms with Crippen molar-refractivity contribution in [3.05, 3.63) is 144 Å². The summed E-state index contributed by atoms with van der Waals surface area (Å²) in [6, 6.07) is 34.1. The van der Waals surface area contributed by atoms with Crippen molar-refractivity contribution in [1.29, 1.82) is 0 Å². The van der Waals surface area contributed by atoms with Gasteiger partial charge in [0.2, 0.25) is 6.20 Å². The second-order valence-corrected chi connectivity index (χ2v) is 12.4. The van der Waals surface area contributed by atoms with Gasteiger partial charge < -0.3 is 4.74 Å². The van der Waals surface area contributed by atoms with Crippen LogP contribution in [0.5, 0.6) is 11.5 Å². The van der Waals surface area contributed by atoms with E-state index < -0.39 is 5.66 Å². The van der Waals surface area contributed by atoms with Gasteiger partial charge in [0, 0.05) is 34.3 Å². The molecular formula is C39H26N6O+2. The third-order valence-electron chi connectivity index (χ3n) is 10.1. The van der Waals surface area contributed by atoms with Crippen LogP contribution in [0.25, 0.3) is 55.8 Å². The molecule has 0 N–H and O–H groups in total. The highest BCUT2D eigenvalue weighted by Gasteiger charge is 2.68. The molecule has 46 heavy (non-hydrogen) atoms. The van der Waals surface area contributed by atoms with Crippen molar-refractivity contribution < 1.29 is 14.0 Å². The highest BCUT2D eigenvalue weighted by molar-refractivity contribution is 6.11. The summed E-state index contributed by atoms with van der Waals surface area (Å²) in [4.78, 5) is 9.60. The van der Waals surface area contributed by atoms with Crippen molar-refractivity contribution in [1.82, 2.24) is 19.2 Å². The van der Waals surface area contributed by atoms with Crippen LogP contribution < -0.4 is 14.0 Å². The zero-order chi connectivity index (χ0) is 30.3. The second kappa shape index (κ2) is 8.14. The predicted octanol–water partition coefficient (Wildman–Crippen LogP) is 6.92. The smallest absolute Gasteiger partial charge is 0.397 e. The quantitative estimate of drug-likeness (QED) is 0.204. The number of ether oxygens (including phenoxy) is 1. The summed E-state index contributed by atoms with van der Waals surface area (Å²) in [6.45, 7) is 4.27. The van der Waals surface area contributed by atoms with E-state index in [1.54, 1.807) is 0 Å². The van der Waals surface area contributed by atoms with Crippen LogP contribution >= 0.6 is 0 Å². The Morgan fingerprint density at radius 2 is 1.65 bits per heavy atom. The molecule has 1 atom stereocenters. The summed E-state index contributed by atoms with van der Waals surface area (Å²) < 4.78 is 16.3. The molecule has 0 fully saturated rings. The van der Waals surface area contributed by atoms with Gasteiger partial charge in [-0.05, 0) is 80.1 Å². The van der Waals surface area contributed by atoms with Gasteiger partial charge in [0.25, 0.3) is 5.82 Å². The number of aryl methyl sites for hydroxylation is 2. The Balaban J connectivity index is 1.26. The van der Waals surface area contributed by atoms with E-state index in [0.717, 1.165) is 67.9 Å². The largest absolute Gasteiger partial charge is 0.456 e. The summed E-state index contributed by atoms with van der Waals surface area (Å²) in [5.74, 6) is 2.86. The van der Waals surface area contributed by atoms with Crippen molar-refractivity contribution >= 4 is 21.8 Å². The molecule has 0 amide bonds. The summed E-state index contributed by atoms with van der Waals surface area (Å²) in [5.41, 5.74) is 11.2. The average molecular weight is 595 g/mol. The zero-order valence-electron chi connectivity index (χ0n) is 25.1. The Morgan fingerprint density at radius 1 is 0.783 bits per heavy atom. The van der Waals surface area contributed by atoms with Crippen LogP contribution in [-0.4, -0.2) is 19.2 Å². The third kappa shape index (κ3) is 2.68. The minimum atomic E-state index is -0.707. The van der Waals surface area contributed by atoms with E-state index in [9.17, 15) is 0 Å². The van der Waals surface area contributed by atoms with Gasteiger partial charge in [-0.25, -0.2) is 0 Å². The van der Waals surface area contributed by atoms with Gasteiger partial charge in [-0.2, -0.15) is 9.13 Å². The molecule has 0 saturated heterocycles.